The maximum absolute atomic E-state index is 12.6. The van der Waals surface area contributed by atoms with Gasteiger partial charge in [0.2, 0.25) is 5.91 Å². The Morgan fingerprint density at radius 3 is 2.62 bits per heavy atom. The van der Waals surface area contributed by atoms with Crippen LogP contribution < -0.4 is 10.9 Å². The number of thiophene rings is 1. The average molecular weight is 411 g/mol. The van der Waals surface area contributed by atoms with Crippen molar-refractivity contribution >= 4 is 27.5 Å². The van der Waals surface area contributed by atoms with Gasteiger partial charge in [-0.1, -0.05) is 43.2 Å². The number of amides is 1. The average Bonchev–Trinajstić information content (AvgIpc) is 3.07. The van der Waals surface area contributed by atoms with E-state index in [4.69, 9.17) is 0 Å². The number of likely N-dealkylation sites (tertiary alicyclic amines) is 1. The van der Waals surface area contributed by atoms with Gasteiger partial charge >= 0.3 is 0 Å². The van der Waals surface area contributed by atoms with Crippen molar-refractivity contribution < 1.29 is 4.79 Å². The number of benzene rings is 1. The first-order valence-electron chi connectivity index (χ1n) is 10.2. The van der Waals surface area contributed by atoms with Crippen LogP contribution in [-0.2, 0) is 11.3 Å². The van der Waals surface area contributed by atoms with Gasteiger partial charge in [0.1, 0.15) is 11.2 Å². The lowest BCUT2D eigenvalue weighted by atomic mass is 10.0. The van der Waals surface area contributed by atoms with Crippen molar-refractivity contribution in [2.75, 3.05) is 19.6 Å². The first-order chi connectivity index (χ1) is 14.2. The van der Waals surface area contributed by atoms with Crippen LogP contribution >= 0.6 is 11.3 Å². The van der Waals surface area contributed by atoms with Gasteiger partial charge in [0, 0.05) is 6.54 Å². The summed E-state index contributed by atoms with van der Waals surface area (Å²) in [6, 6.07) is 12.3. The van der Waals surface area contributed by atoms with E-state index in [2.05, 4.69) is 27.3 Å². The van der Waals surface area contributed by atoms with Gasteiger partial charge < -0.3 is 5.32 Å². The number of fused-ring (bicyclic) bond motifs is 1. The third-order valence-electron chi connectivity index (χ3n) is 5.51. The highest BCUT2D eigenvalue weighted by Crippen LogP contribution is 2.23. The number of hydrogen-bond donors (Lipinski definition) is 1. The van der Waals surface area contributed by atoms with Gasteiger partial charge in [-0.2, -0.15) is 0 Å². The van der Waals surface area contributed by atoms with E-state index < -0.39 is 0 Å². The Hall–Kier alpha value is -2.51. The molecule has 1 aliphatic rings. The predicted molar refractivity (Wildman–Crippen MR) is 116 cm³/mol. The Labute approximate surface area is 174 Å². The van der Waals surface area contributed by atoms with E-state index in [1.807, 2.05) is 29.6 Å². The van der Waals surface area contributed by atoms with Gasteiger partial charge in [-0.3, -0.25) is 19.1 Å². The fourth-order valence-electron chi connectivity index (χ4n) is 3.95. The molecule has 29 heavy (non-hydrogen) atoms. The van der Waals surface area contributed by atoms with Gasteiger partial charge in [0.05, 0.1) is 17.9 Å². The highest BCUT2D eigenvalue weighted by Gasteiger charge is 2.22. The van der Waals surface area contributed by atoms with E-state index in [9.17, 15) is 9.59 Å². The summed E-state index contributed by atoms with van der Waals surface area (Å²) in [7, 11) is 0. The normalized spacial score (nSPS) is 16.4. The van der Waals surface area contributed by atoms with Crippen LogP contribution in [-0.4, -0.2) is 40.0 Å². The minimum Gasteiger partial charge on any atom is -0.353 e. The van der Waals surface area contributed by atoms with E-state index in [1.54, 1.807) is 0 Å². The maximum atomic E-state index is 12.6. The van der Waals surface area contributed by atoms with Crippen molar-refractivity contribution in [1.29, 1.82) is 0 Å². The van der Waals surface area contributed by atoms with Gasteiger partial charge in [0.15, 0.2) is 0 Å². The largest absolute Gasteiger partial charge is 0.353 e. The number of carbonyl (C=O) groups excluding carboxylic acids is 1. The number of aromatic nitrogens is 2. The van der Waals surface area contributed by atoms with Gasteiger partial charge in [0.25, 0.3) is 5.56 Å². The number of rotatable bonds is 6. The standard InChI is InChI=1S/C22H26N4O2S/c27-20(15-26-16-24-18-10-13-29-21(18)22(26)28)23-14-19(17-8-4-3-5-9-17)25-11-6-1-2-7-12-25/h3-5,8-10,13,16,19H,1-2,6-7,11-12,14-15H2,(H,23,27). The molecule has 0 aliphatic carbocycles. The first-order valence-corrected chi connectivity index (χ1v) is 11.1. The molecule has 1 aromatic carbocycles. The van der Waals surface area contributed by atoms with Crippen LogP contribution in [0.1, 0.15) is 37.3 Å². The van der Waals surface area contributed by atoms with Crippen molar-refractivity contribution in [2.45, 2.75) is 38.3 Å². The maximum Gasteiger partial charge on any atom is 0.271 e. The molecule has 0 bridgehead atoms. The second-order valence-corrected chi connectivity index (χ2v) is 8.41. The van der Waals surface area contributed by atoms with Gasteiger partial charge in [-0.05, 0) is 42.9 Å². The molecule has 1 N–H and O–H groups in total. The first kappa shape index (κ1) is 19.8. The van der Waals surface area contributed by atoms with Crippen molar-refractivity contribution in [3.05, 3.63) is 64.0 Å². The van der Waals surface area contributed by atoms with E-state index in [0.717, 1.165) is 13.1 Å². The Morgan fingerprint density at radius 1 is 1.10 bits per heavy atom. The molecule has 4 rings (SSSR count). The summed E-state index contributed by atoms with van der Waals surface area (Å²) in [4.78, 5) is 31.9. The SMILES string of the molecule is O=C(Cn1cnc2ccsc2c1=O)NCC(c1ccccc1)N1CCCCCC1. The molecule has 152 valence electrons. The van der Waals surface area contributed by atoms with Crippen LogP contribution in [0.25, 0.3) is 10.2 Å². The van der Waals surface area contributed by atoms with E-state index in [0.29, 0.717) is 16.8 Å². The Kier molecular flexibility index (Phi) is 6.36. The van der Waals surface area contributed by atoms with Crippen molar-refractivity contribution in [3.8, 4) is 0 Å². The molecular formula is C22H26N4O2S. The molecule has 0 radical (unpaired) electrons. The molecule has 1 unspecified atom stereocenters. The molecule has 6 nitrogen and oxygen atoms in total. The lowest BCUT2D eigenvalue weighted by molar-refractivity contribution is -0.122. The van der Waals surface area contributed by atoms with E-state index >= 15 is 0 Å². The molecule has 7 heteroatoms. The summed E-state index contributed by atoms with van der Waals surface area (Å²) in [6.07, 6.45) is 6.38. The second-order valence-electron chi connectivity index (χ2n) is 7.49. The molecule has 1 saturated heterocycles. The molecule has 0 saturated carbocycles. The minimum atomic E-state index is -0.166. The van der Waals surface area contributed by atoms with Gasteiger partial charge in [-0.15, -0.1) is 11.3 Å². The molecule has 1 atom stereocenters. The summed E-state index contributed by atoms with van der Waals surface area (Å²) in [5.41, 5.74) is 1.74. The Morgan fingerprint density at radius 2 is 1.86 bits per heavy atom. The summed E-state index contributed by atoms with van der Waals surface area (Å²) in [6.45, 7) is 2.62. The Balaban J connectivity index is 1.45. The molecule has 1 aliphatic heterocycles. The topological polar surface area (TPSA) is 67.2 Å². The predicted octanol–water partition coefficient (Wildman–Crippen LogP) is 3.19. The zero-order chi connectivity index (χ0) is 20.1. The molecule has 1 amide bonds. The third-order valence-corrected chi connectivity index (χ3v) is 6.40. The molecule has 1 fully saturated rings. The van der Waals surface area contributed by atoms with Crippen LogP contribution in [0.5, 0.6) is 0 Å². The highest BCUT2D eigenvalue weighted by atomic mass is 32.1. The third kappa shape index (κ3) is 4.74. The van der Waals surface area contributed by atoms with Crippen molar-refractivity contribution in [1.82, 2.24) is 19.8 Å². The lowest BCUT2D eigenvalue weighted by Gasteiger charge is -2.31. The number of nitrogens with zero attached hydrogens (tertiary/aromatic N) is 3. The molecular weight excluding hydrogens is 384 g/mol. The number of nitrogens with one attached hydrogen (secondary N) is 1. The fourth-order valence-corrected chi connectivity index (χ4v) is 4.75. The smallest absolute Gasteiger partial charge is 0.271 e. The van der Waals surface area contributed by atoms with Crippen LogP contribution in [0.3, 0.4) is 0 Å². The van der Waals surface area contributed by atoms with Crippen LogP contribution in [0.2, 0.25) is 0 Å². The summed E-state index contributed by atoms with van der Waals surface area (Å²) in [5, 5.41) is 4.89. The molecule has 3 aromatic rings. The zero-order valence-corrected chi connectivity index (χ0v) is 17.2. The highest BCUT2D eigenvalue weighted by molar-refractivity contribution is 7.17. The lowest BCUT2D eigenvalue weighted by Crippen LogP contribution is -2.40. The number of carbonyl (C=O) groups is 1. The van der Waals surface area contributed by atoms with Crippen LogP contribution in [0, 0.1) is 0 Å². The molecule has 3 heterocycles. The monoisotopic (exact) mass is 410 g/mol. The number of hydrogen-bond acceptors (Lipinski definition) is 5. The van der Waals surface area contributed by atoms with Crippen molar-refractivity contribution in [2.24, 2.45) is 0 Å². The van der Waals surface area contributed by atoms with E-state index in [-0.39, 0.29) is 24.1 Å². The Bertz CT molecular complexity index is 1010. The van der Waals surface area contributed by atoms with Gasteiger partial charge in [-0.25, -0.2) is 4.98 Å². The van der Waals surface area contributed by atoms with E-state index in [1.165, 1.54) is 53.5 Å². The van der Waals surface area contributed by atoms with Crippen molar-refractivity contribution in [3.63, 3.8) is 0 Å². The quantitative estimate of drug-likeness (QED) is 0.678. The minimum absolute atomic E-state index is 0.0127. The summed E-state index contributed by atoms with van der Waals surface area (Å²) >= 11 is 1.36. The van der Waals surface area contributed by atoms with Crippen LogP contribution in [0.4, 0.5) is 0 Å². The summed E-state index contributed by atoms with van der Waals surface area (Å²) < 4.78 is 1.98. The zero-order valence-electron chi connectivity index (χ0n) is 16.4. The molecule has 0 spiro atoms. The van der Waals surface area contributed by atoms with Crippen LogP contribution in [0.15, 0.2) is 52.9 Å². The second kappa shape index (κ2) is 9.33. The summed E-state index contributed by atoms with van der Waals surface area (Å²) in [5.74, 6) is -0.166. The fraction of sp³-hybridized carbons (Fsp3) is 0.409. The molecule has 2 aromatic heterocycles.